The van der Waals surface area contributed by atoms with Gasteiger partial charge in [0.15, 0.2) is 0 Å². The number of ether oxygens (including phenoxy) is 1. The summed E-state index contributed by atoms with van der Waals surface area (Å²) in [4.78, 5) is 41.1. The molecule has 0 aliphatic carbocycles. The number of benzene rings is 1. The minimum Gasteiger partial charge on any atom is -0.444 e. The molecule has 0 spiro atoms. The second-order valence-electron chi connectivity index (χ2n) is 9.86. The van der Waals surface area contributed by atoms with Crippen molar-refractivity contribution in [1.82, 2.24) is 15.5 Å². The van der Waals surface area contributed by atoms with Gasteiger partial charge in [0.1, 0.15) is 17.7 Å². The Kier molecular flexibility index (Phi) is 11.9. The summed E-state index contributed by atoms with van der Waals surface area (Å²) < 4.78 is 5.33. The summed E-state index contributed by atoms with van der Waals surface area (Å²) in [5.41, 5.74) is 2.18. The molecule has 0 radical (unpaired) electrons. The molecular weight excluding hydrogens is 450 g/mol. The molecule has 3 atom stereocenters. The van der Waals surface area contributed by atoms with E-state index in [1.807, 2.05) is 45.9 Å². The van der Waals surface area contributed by atoms with Gasteiger partial charge in [-0.1, -0.05) is 38.5 Å². The van der Waals surface area contributed by atoms with Crippen LogP contribution < -0.4 is 10.6 Å². The van der Waals surface area contributed by atoms with Gasteiger partial charge in [0, 0.05) is 18.3 Å². The van der Waals surface area contributed by atoms with Crippen molar-refractivity contribution in [3.63, 3.8) is 0 Å². The Morgan fingerprint density at radius 3 is 2.21 bits per heavy atom. The first-order chi connectivity index (χ1) is 15.8. The van der Waals surface area contributed by atoms with Crippen LogP contribution in [0, 0.1) is 13.8 Å². The average molecular weight is 494 g/mol. The summed E-state index contributed by atoms with van der Waals surface area (Å²) in [6, 6.07) is 4.03. The quantitative estimate of drug-likeness (QED) is 0.390. The third kappa shape index (κ3) is 9.20. The van der Waals surface area contributed by atoms with E-state index in [-0.39, 0.29) is 23.6 Å². The van der Waals surface area contributed by atoms with Crippen LogP contribution in [0.4, 0.5) is 4.79 Å². The summed E-state index contributed by atoms with van der Waals surface area (Å²) in [6.07, 6.45) is 1.73. The van der Waals surface area contributed by atoms with Crippen LogP contribution in [0.25, 0.3) is 0 Å². The molecule has 34 heavy (non-hydrogen) atoms. The maximum Gasteiger partial charge on any atom is 0.408 e. The third-order valence-corrected chi connectivity index (χ3v) is 5.80. The molecule has 0 bridgehead atoms. The average Bonchev–Trinajstić information content (AvgIpc) is 2.72. The van der Waals surface area contributed by atoms with E-state index >= 15 is 0 Å². The lowest BCUT2D eigenvalue weighted by molar-refractivity contribution is -0.142. The van der Waals surface area contributed by atoms with Gasteiger partial charge >= 0.3 is 6.09 Å². The Hall–Kier alpha value is -2.22. The van der Waals surface area contributed by atoms with Crippen molar-refractivity contribution in [2.24, 2.45) is 0 Å². The van der Waals surface area contributed by atoms with Crippen molar-refractivity contribution in [3.8, 4) is 0 Å². The highest BCUT2D eigenvalue weighted by Crippen LogP contribution is 2.25. The number of hydrogen-bond acceptors (Lipinski definition) is 5. The van der Waals surface area contributed by atoms with E-state index in [1.165, 1.54) is 0 Å². The fourth-order valence-corrected chi connectivity index (χ4v) is 3.92. The number of rotatable bonds is 11. The second-order valence-corrected chi connectivity index (χ2v) is 10.2. The van der Waals surface area contributed by atoms with Crippen molar-refractivity contribution < 1.29 is 19.1 Å². The van der Waals surface area contributed by atoms with E-state index in [4.69, 9.17) is 4.74 Å². The predicted octanol–water partition coefficient (Wildman–Crippen LogP) is 4.71. The molecule has 1 rings (SSSR count). The summed E-state index contributed by atoms with van der Waals surface area (Å²) in [7, 11) is 0. The molecule has 0 heterocycles. The normalized spacial score (nSPS) is 14.0. The van der Waals surface area contributed by atoms with Gasteiger partial charge in [0.2, 0.25) is 11.8 Å². The molecule has 1 aromatic rings. The summed E-state index contributed by atoms with van der Waals surface area (Å²) >= 11 is 4.31. The standard InChI is InChI=1S/C26H43N3O4S/c1-9-11-19(5)27-23(30)22(20-13-12-17(3)18(4)15-20)29(14-10-2)24(31)21(16-34)28-25(32)33-26(6,7)8/h12-13,15,19,21-22,34H,9-11,14,16H2,1-8H3,(H,27,30)(H,28,32). The lowest BCUT2D eigenvalue weighted by Crippen LogP contribution is -2.54. The molecule has 192 valence electrons. The zero-order valence-corrected chi connectivity index (χ0v) is 22.9. The van der Waals surface area contributed by atoms with Gasteiger partial charge in [0.05, 0.1) is 0 Å². The number of carbonyl (C=O) groups excluding carboxylic acids is 3. The molecule has 3 unspecified atom stereocenters. The summed E-state index contributed by atoms with van der Waals surface area (Å²) in [5.74, 6) is -0.531. The van der Waals surface area contributed by atoms with E-state index in [2.05, 4.69) is 30.2 Å². The van der Waals surface area contributed by atoms with Crippen LogP contribution in [0.2, 0.25) is 0 Å². The van der Waals surface area contributed by atoms with Crippen LogP contribution in [0.5, 0.6) is 0 Å². The van der Waals surface area contributed by atoms with Crippen LogP contribution in [-0.2, 0) is 14.3 Å². The monoisotopic (exact) mass is 493 g/mol. The van der Waals surface area contributed by atoms with Gasteiger partial charge in [-0.3, -0.25) is 9.59 Å². The summed E-state index contributed by atoms with van der Waals surface area (Å²) in [5, 5.41) is 5.70. The highest BCUT2D eigenvalue weighted by atomic mass is 32.1. The molecule has 0 aromatic heterocycles. The third-order valence-electron chi connectivity index (χ3n) is 5.44. The number of alkyl carbamates (subject to hydrolysis) is 1. The highest BCUT2D eigenvalue weighted by Gasteiger charge is 2.36. The van der Waals surface area contributed by atoms with Crippen LogP contribution in [0.15, 0.2) is 18.2 Å². The van der Waals surface area contributed by atoms with E-state index < -0.39 is 23.8 Å². The molecule has 0 aliphatic heterocycles. The molecule has 0 fully saturated rings. The van der Waals surface area contributed by atoms with Crippen LogP contribution >= 0.6 is 12.6 Å². The minimum absolute atomic E-state index is 0.0225. The first kappa shape index (κ1) is 29.8. The Morgan fingerprint density at radius 2 is 1.71 bits per heavy atom. The number of carbonyl (C=O) groups is 3. The molecule has 1 aromatic carbocycles. The lowest BCUT2D eigenvalue weighted by Gasteiger charge is -2.34. The van der Waals surface area contributed by atoms with E-state index in [0.29, 0.717) is 13.0 Å². The molecule has 0 aliphatic rings. The van der Waals surface area contributed by atoms with Crippen LogP contribution in [0.3, 0.4) is 0 Å². The molecule has 7 nitrogen and oxygen atoms in total. The number of aryl methyl sites for hydroxylation is 2. The summed E-state index contributed by atoms with van der Waals surface area (Å²) in [6.45, 7) is 15.6. The van der Waals surface area contributed by atoms with E-state index in [1.54, 1.807) is 25.7 Å². The van der Waals surface area contributed by atoms with Crippen LogP contribution in [-0.4, -0.2) is 52.8 Å². The highest BCUT2D eigenvalue weighted by molar-refractivity contribution is 7.80. The predicted molar refractivity (Wildman–Crippen MR) is 140 cm³/mol. The number of nitrogens with zero attached hydrogens (tertiary/aromatic N) is 1. The van der Waals surface area contributed by atoms with Gasteiger partial charge in [-0.25, -0.2) is 4.79 Å². The second kappa shape index (κ2) is 13.6. The Morgan fingerprint density at radius 1 is 1.06 bits per heavy atom. The number of hydrogen-bond donors (Lipinski definition) is 3. The molecule has 2 N–H and O–H groups in total. The van der Waals surface area contributed by atoms with Crippen molar-refractivity contribution >= 4 is 30.5 Å². The van der Waals surface area contributed by atoms with Crippen molar-refractivity contribution in [2.45, 2.75) is 98.4 Å². The Balaban J connectivity index is 3.37. The zero-order valence-electron chi connectivity index (χ0n) is 22.0. The molecular formula is C26H43N3O4S. The van der Waals surface area contributed by atoms with Crippen molar-refractivity contribution in [2.75, 3.05) is 12.3 Å². The van der Waals surface area contributed by atoms with Gasteiger partial charge in [-0.05, 0) is 71.1 Å². The smallest absolute Gasteiger partial charge is 0.408 e. The Labute approximate surface area is 210 Å². The van der Waals surface area contributed by atoms with Crippen molar-refractivity contribution in [1.29, 1.82) is 0 Å². The molecule has 0 saturated heterocycles. The largest absolute Gasteiger partial charge is 0.444 e. The van der Waals surface area contributed by atoms with Gasteiger partial charge in [-0.15, -0.1) is 0 Å². The van der Waals surface area contributed by atoms with Gasteiger partial charge < -0.3 is 20.3 Å². The first-order valence-electron chi connectivity index (χ1n) is 12.1. The molecule has 0 saturated carbocycles. The van der Waals surface area contributed by atoms with E-state index in [0.717, 1.165) is 29.5 Å². The number of amides is 3. The topological polar surface area (TPSA) is 87.7 Å². The maximum absolute atomic E-state index is 13.7. The fourth-order valence-electron chi connectivity index (χ4n) is 3.68. The number of thiol groups is 1. The van der Waals surface area contributed by atoms with E-state index in [9.17, 15) is 14.4 Å². The number of nitrogens with one attached hydrogen (secondary N) is 2. The maximum atomic E-state index is 13.7. The van der Waals surface area contributed by atoms with Crippen LogP contribution in [0.1, 0.15) is 83.5 Å². The SMILES string of the molecule is CCCC(C)NC(=O)C(c1ccc(C)c(C)c1)N(CCC)C(=O)C(CS)NC(=O)OC(C)(C)C. The van der Waals surface area contributed by atoms with Gasteiger partial charge in [-0.2, -0.15) is 12.6 Å². The molecule has 8 heteroatoms. The minimum atomic E-state index is -0.931. The zero-order chi connectivity index (χ0) is 26.1. The Bertz CT molecular complexity index is 838. The lowest BCUT2D eigenvalue weighted by atomic mass is 9.98. The van der Waals surface area contributed by atoms with Gasteiger partial charge in [0.25, 0.3) is 0 Å². The molecule has 3 amide bonds. The first-order valence-corrected chi connectivity index (χ1v) is 12.8. The fraction of sp³-hybridized carbons (Fsp3) is 0.654. The van der Waals surface area contributed by atoms with Crippen molar-refractivity contribution in [3.05, 3.63) is 34.9 Å².